The van der Waals surface area contributed by atoms with Gasteiger partial charge in [0.25, 0.3) is 5.91 Å². The molecule has 0 atom stereocenters. The molecule has 1 aromatic carbocycles. The number of hydrogen-bond donors (Lipinski definition) is 1. The van der Waals surface area contributed by atoms with Crippen molar-refractivity contribution >= 4 is 17.6 Å². The summed E-state index contributed by atoms with van der Waals surface area (Å²) >= 11 is 0. The fourth-order valence-corrected chi connectivity index (χ4v) is 3.56. The summed E-state index contributed by atoms with van der Waals surface area (Å²) in [5, 5.41) is 3.04. The minimum Gasteiger partial charge on any atom is -0.497 e. The van der Waals surface area contributed by atoms with Gasteiger partial charge in [-0.3, -0.25) is 4.79 Å². The number of anilines is 1. The Morgan fingerprint density at radius 2 is 1.88 bits per heavy atom. The molecule has 144 valence electrons. The molecule has 0 unspecified atom stereocenters. The summed E-state index contributed by atoms with van der Waals surface area (Å²) in [7, 11) is 5.73. The van der Waals surface area contributed by atoms with Crippen LogP contribution in [0.5, 0.6) is 5.75 Å². The van der Waals surface area contributed by atoms with Crippen molar-refractivity contribution in [1.29, 1.82) is 0 Å². The highest BCUT2D eigenvalue weighted by molar-refractivity contribution is 6.05. The normalized spacial score (nSPS) is 15.8. The van der Waals surface area contributed by atoms with Crippen LogP contribution < -0.4 is 10.1 Å². The van der Waals surface area contributed by atoms with Crippen LogP contribution in [0.2, 0.25) is 0 Å². The number of nitrogens with one attached hydrogen (secondary N) is 1. The van der Waals surface area contributed by atoms with E-state index < -0.39 is 11.5 Å². The van der Waals surface area contributed by atoms with Crippen LogP contribution in [0.4, 0.5) is 5.69 Å². The lowest BCUT2D eigenvalue weighted by atomic mass is 9.73. The lowest BCUT2D eigenvalue weighted by molar-refractivity contribution is -0.936. The van der Waals surface area contributed by atoms with E-state index in [2.05, 4.69) is 26.3 Å². The number of carbonyl (C=O) groups is 2. The van der Waals surface area contributed by atoms with Crippen molar-refractivity contribution in [2.45, 2.75) is 45.6 Å². The molecule has 0 spiro atoms. The number of esters is 1. The first-order chi connectivity index (χ1) is 12.2. The number of nitrogens with zero attached hydrogens (tertiary/aromatic N) is 1. The van der Waals surface area contributed by atoms with E-state index in [0.717, 1.165) is 31.4 Å². The van der Waals surface area contributed by atoms with Gasteiger partial charge in [0, 0.05) is 12.8 Å². The quantitative estimate of drug-likeness (QED) is 0.597. The van der Waals surface area contributed by atoms with Gasteiger partial charge in [-0.2, -0.15) is 0 Å². The molecule has 1 aliphatic carbocycles. The predicted octanol–water partition coefficient (Wildman–Crippen LogP) is 3.14. The Balaban J connectivity index is 2.42. The first-order valence-electron chi connectivity index (χ1n) is 9.22. The predicted molar refractivity (Wildman–Crippen MR) is 102 cm³/mol. The zero-order chi connectivity index (χ0) is 19.5. The molecule has 26 heavy (non-hydrogen) atoms. The molecule has 2 rings (SSSR count). The van der Waals surface area contributed by atoms with E-state index >= 15 is 0 Å². The number of hydrogen-bond acceptors (Lipinski definition) is 4. The highest BCUT2D eigenvalue weighted by Gasteiger charge is 2.56. The molecule has 1 aliphatic rings. The van der Waals surface area contributed by atoms with E-state index in [1.54, 1.807) is 20.1 Å². The summed E-state index contributed by atoms with van der Waals surface area (Å²) in [6, 6.07) is 3.43. The van der Waals surface area contributed by atoms with Crippen LogP contribution in [0, 0.1) is 6.92 Å². The summed E-state index contributed by atoms with van der Waals surface area (Å²) < 4.78 is 11.1. The topological polar surface area (TPSA) is 64.6 Å². The molecule has 1 aromatic rings. The van der Waals surface area contributed by atoms with Crippen LogP contribution in [-0.4, -0.2) is 56.3 Å². The second-order valence-electron chi connectivity index (χ2n) is 7.43. The number of ether oxygens (including phenoxy) is 2. The Labute approximate surface area is 156 Å². The van der Waals surface area contributed by atoms with Crippen LogP contribution in [0.1, 0.15) is 49.0 Å². The van der Waals surface area contributed by atoms with Gasteiger partial charge in [-0.15, -0.1) is 0 Å². The molecule has 0 bridgehead atoms. The van der Waals surface area contributed by atoms with Gasteiger partial charge in [0.2, 0.25) is 0 Å². The van der Waals surface area contributed by atoms with Crippen molar-refractivity contribution in [2.24, 2.45) is 0 Å². The lowest BCUT2D eigenvalue weighted by Gasteiger charge is -2.52. The smallest absolute Gasteiger partial charge is 0.340 e. The second kappa shape index (κ2) is 7.66. The number of quaternary nitrogens is 1. The molecular formula is C20H31N2O4+. The first-order valence-corrected chi connectivity index (χ1v) is 9.22. The molecule has 1 N–H and O–H groups in total. The van der Waals surface area contributed by atoms with Crippen molar-refractivity contribution in [3.8, 4) is 5.75 Å². The van der Waals surface area contributed by atoms with E-state index in [9.17, 15) is 9.59 Å². The molecule has 6 nitrogen and oxygen atoms in total. The van der Waals surface area contributed by atoms with E-state index in [0.29, 0.717) is 21.5 Å². The minimum absolute atomic E-state index is 0.0329. The van der Waals surface area contributed by atoms with E-state index in [1.807, 2.05) is 13.0 Å². The van der Waals surface area contributed by atoms with Gasteiger partial charge in [0.05, 0.1) is 45.6 Å². The van der Waals surface area contributed by atoms with Crippen molar-refractivity contribution < 1.29 is 23.5 Å². The molecule has 0 aliphatic heterocycles. The number of aryl methyl sites for hydroxylation is 1. The summed E-state index contributed by atoms with van der Waals surface area (Å²) in [4.78, 5) is 25.7. The molecule has 1 saturated carbocycles. The largest absolute Gasteiger partial charge is 0.497 e. The maximum atomic E-state index is 13.3. The number of benzene rings is 1. The Hall–Kier alpha value is -2.08. The number of rotatable bonds is 7. The van der Waals surface area contributed by atoms with Gasteiger partial charge in [-0.1, -0.05) is 0 Å². The summed E-state index contributed by atoms with van der Waals surface area (Å²) in [6.45, 7) is 6.84. The van der Waals surface area contributed by atoms with Gasteiger partial charge in [0.15, 0.2) is 5.54 Å². The molecule has 0 radical (unpaired) electrons. The third kappa shape index (κ3) is 3.43. The summed E-state index contributed by atoms with van der Waals surface area (Å²) in [5.74, 6) is 0.0673. The van der Waals surface area contributed by atoms with Gasteiger partial charge in [0.1, 0.15) is 5.75 Å². The molecule has 6 heteroatoms. The zero-order valence-electron chi connectivity index (χ0n) is 16.8. The fourth-order valence-electron chi connectivity index (χ4n) is 3.56. The highest BCUT2D eigenvalue weighted by atomic mass is 16.5. The molecule has 0 heterocycles. The van der Waals surface area contributed by atoms with Crippen LogP contribution >= 0.6 is 0 Å². The lowest BCUT2D eigenvalue weighted by Crippen LogP contribution is -2.69. The van der Waals surface area contributed by atoms with Gasteiger partial charge in [-0.05, 0) is 44.9 Å². The molecule has 1 amide bonds. The Kier molecular flexibility index (Phi) is 5.96. The van der Waals surface area contributed by atoms with Crippen LogP contribution in [-0.2, 0) is 9.53 Å². The van der Waals surface area contributed by atoms with Crippen LogP contribution in [0.15, 0.2) is 12.1 Å². The third-order valence-electron chi connectivity index (χ3n) is 5.83. The van der Waals surface area contributed by atoms with Crippen molar-refractivity contribution in [3.05, 3.63) is 23.3 Å². The number of amides is 1. The average molecular weight is 363 g/mol. The maximum absolute atomic E-state index is 13.3. The zero-order valence-corrected chi connectivity index (χ0v) is 16.8. The second-order valence-corrected chi connectivity index (χ2v) is 7.43. The first kappa shape index (κ1) is 20.2. The molecule has 0 aromatic heterocycles. The Morgan fingerprint density at radius 3 is 2.35 bits per heavy atom. The van der Waals surface area contributed by atoms with Gasteiger partial charge < -0.3 is 19.3 Å². The number of methoxy groups -OCH3 is 1. The van der Waals surface area contributed by atoms with E-state index in [1.165, 1.54) is 0 Å². The third-order valence-corrected chi connectivity index (χ3v) is 5.83. The van der Waals surface area contributed by atoms with Crippen LogP contribution in [0.3, 0.4) is 0 Å². The monoisotopic (exact) mass is 363 g/mol. The maximum Gasteiger partial charge on any atom is 0.340 e. The molecular weight excluding hydrogens is 332 g/mol. The standard InChI is InChI=1S/C20H30N2O4/c1-7-22(4,5)20(10-9-11-20)19(24)21-17-14(3)12-15(25-6)13-16(17)18(23)26-8-2/h12-13H,7-11H2,1-6H3/p+1. The molecule has 0 saturated heterocycles. The number of likely N-dealkylation sites (N-methyl/N-ethyl adjacent to an activating group) is 1. The van der Waals surface area contributed by atoms with Gasteiger partial charge >= 0.3 is 5.97 Å². The summed E-state index contributed by atoms with van der Waals surface area (Å²) in [6.07, 6.45) is 2.74. The fraction of sp³-hybridized carbons (Fsp3) is 0.600. The number of carbonyl (C=O) groups excluding carboxylic acids is 2. The van der Waals surface area contributed by atoms with Crippen molar-refractivity contribution in [3.63, 3.8) is 0 Å². The van der Waals surface area contributed by atoms with E-state index in [4.69, 9.17) is 9.47 Å². The van der Waals surface area contributed by atoms with Gasteiger partial charge in [-0.25, -0.2) is 4.79 Å². The van der Waals surface area contributed by atoms with Crippen molar-refractivity contribution in [1.82, 2.24) is 0 Å². The Morgan fingerprint density at radius 1 is 1.23 bits per heavy atom. The Bertz CT molecular complexity index is 693. The van der Waals surface area contributed by atoms with E-state index in [-0.39, 0.29) is 12.5 Å². The van der Waals surface area contributed by atoms with Crippen molar-refractivity contribution in [2.75, 3.05) is 39.7 Å². The SMILES string of the molecule is CCOC(=O)c1cc(OC)cc(C)c1NC(=O)C1([N+](C)(C)CC)CCC1. The minimum atomic E-state index is -0.461. The highest BCUT2D eigenvalue weighted by Crippen LogP contribution is 2.42. The van der Waals surface area contributed by atoms with Crippen LogP contribution in [0.25, 0.3) is 0 Å². The summed E-state index contributed by atoms with van der Waals surface area (Å²) in [5.41, 5.74) is 1.16. The average Bonchev–Trinajstić information content (AvgIpc) is 2.55. The molecule has 1 fully saturated rings.